The van der Waals surface area contributed by atoms with Gasteiger partial charge in [-0.25, -0.2) is 0 Å². The Bertz CT molecular complexity index is 179. The summed E-state index contributed by atoms with van der Waals surface area (Å²) in [7, 11) is 0. The fraction of sp³-hybridized carbons (Fsp3) is 0.667. The van der Waals surface area contributed by atoms with Crippen molar-refractivity contribution in [2.24, 2.45) is 5.92 Å². The Morgan fingerprint density at radius 3 is 3.11 bits per heavy atom. The van der Waals surface area contributed by atoms with E-state index in [0.29, 0.717) is 0 Å². The molecule has 1 radical (unpaired) electrons. The molecule has 0 unspecified atom stereocenters. The van der Waals surface area contributed by atoms with E-state index in [1.165, 1.54) is 12.8 Å². The Labute approximate surface area is 53.1 Å². The van der Waals surface area contributed by atoms with Crippen LogP contribution in [-0.4, -0.2) is 10.2 Å². The summed E-state index contributed by atoms with van der Waals surface area (Å²) in [4.78, 5) is 0. The van der Waals surface area contributed by atoms with Crippen molar-refractivity contribution in [3.8, 4) is 0 Å². The van der Waals surface area contributed by atoms with Crippen LogP contribution < -0.4 is 0 Å². The van der Waals surface area contributed by atoms with Gasteiger partial charge in [-0.2, -0.15) is 0 Å². The predicted molar refractivity (Wildman–Crippen MR) is 29.6 cm³/mol. The minimum Gasteiger partial charge on any atom is -0.417 e. The van der Waals surface area contributed by atoms with Gasteiger partial charge in [-0.3, -0.25) is 0 Å². The minimum atomic E-state index is 0.734. The van der Waals surface area contributed by atoms with Gasteiger partial charge in [-0.15, -0.1) is 10.2 Å². The molecule has 0 saturated heterocycles. The summed E-state index contributed by atoms with van der Waals surface area (Å²) >= 11 is 0. The second-order valence-corrected chi connectivity index (χ2v) is 2.43. The van der Waals surface area contributed by atoms with E-state index < -0.39 is 0 Å². The van der Waals surface area contributed by atoms with E-state index in [9.17, 15) is 0 Å². The molecule has 3 nitrogen and oxygen atoms in total. The van der Waals surface area contributed by atoms with Crippen LogP contribution in [0.25, 0.3) is 0 Å². The molecule has 1 aliphatic rings. The Balaban J connectivity index is 1.99. The molecule has 9 heavy (non-hydrogen) atoms. The lowest BCUT2D eigenvalue weighted by atomic mass is 10.3. The van der Waals surface area contributed by atoms with Crippen molar-refractivity contribution >= 4 is 0 Å². The van der Waals surface area contributed by atoms with Crippen LogP contribution >= 0.6 is 0 Å². The highest BCUT2D eigenvalue weighted by Gasteiger charge is 2.23. The summed E-state index contributed by atoms with van der Waals surface area (Å²) in [6, 6.07) is 0. The lowest BCUT2D eigenvalue weighted by molar-refractivity contribution is 0.474. The van der Waals surface area contributed by atoms with Crippen molar-refractivity contribution in [1.82, 2.24) is 10.2 Å². The maximum absolute atomic E-state index is 4.84. The van der Waals surface area contributed by atoms with Crippen molar-refractivity contribution in [2.45, 2.75) is 19.3 Å². The summed E-state index contributed by atoms with van der Waals surface area (Å²) in [6.07, 6.45) is 5.93. The lowest BCUT2D eigenvalue weighted by Crippen LogP contribution is -1.85. The SMILES string of the molecule is [c]1nnc(CC2CC2)o1. The molecule has 0 bridgehead atoms. The van der Waals surface area contributed by atoms with Crippen molar-refractivity contribution in [1.29, 1.82) is 0 Å². The van der Waals surface area contributed by atoms with Gasteiger partial charge in [0.1, 0.15) is 0 Å². The van der Waals surface area contributed by atoms with E-state index in [-0.39, 0.29) is 0 Å². The van der Waals surface area contributed by atoms with Gasteiger partial charge in [-0.05, 0) is 18.8 Å². The summed E-state index contributed by atoms with van der Waals surface area (Å²) in [5, 5.41) is 7.19. The smallest absolute Gasteiger partial charge is 0.305 e. The number of nitrogens with zero attached hydrogens (tertiary/aromatic N) is 2. The average molecular weight is 123 g/mol. The van der Waals surface area contributed by atoms with E-state index in [1.54, 1.807) is 0 Å². The minimum absolute atomic E-state index is 0.734. The van der Waals surface area contributed by atoms with Gasteiger partial charge in [-0.1, -0.05) is 0 Å². The van der Waals surface area contributed by atoms with Gasteiger partial charge < -0.3 is 4.42 Å². The maximum atomic E-state index is 4.84. The van der Waals surface area contributed by atoms with Crippen LogP contribution in [0.2, 0.25) is 0 Å². The third-order valence-corrected chi connectivity index (χ3v) is 1.53. The Morgan fingerprint density at radius 2 is 2.56 bits per heavy atom. The standard InChI is InChI=1S/C6H7N2O/c1-2-5(1)3-6-8-7-4-9-6/h5H,1-3H2. The molecule has 0 aliphatic heterocycles. The van der Waals surface area contributed by atoms with Gasteiger partial charge in [0.25, 0.3) is 0 Å². The van der Waals surface area contributed by atoms with Gasteiger partial charge in [0.05, 0.1) is 0 Å². The topological polar surface area (TPSA) is 38.9 Å². The van der Waals surface area contributed by atoms with Crippen LogP contribution in [0.5, 0.6) is 0 Å². The van der Waals surface area contributed by atoms with E-state index in [2.05, 4.69) is 16.6 Å². The molecule has 1 aromatic heterocycles. The number of hydrogen-bond donors (Lipinski definition) is 0. The zero-order chi connectivity index (χ0) is 6.10. The first-order valence-corrected chi connectivity index (χ1v) is 3.13. The zero-order valence-corrected chi connectivity index (χ0v) is 5.00. The summed E-state index contributed by atoms with van der Waals surface area (Å²) in [5.74, 6) is 1.55. The fourth-order valence-corrected chi connectivity index (χ4v) is 0.821. The first-order valence-electron chi connectivity index (χ1n) is 3.13. The molecule has 1 heterocycles. The lowest BCUT2D eigenvalue weighted by Gasteiger charge is -1.84. The Morgan fingerprint density at radius 1 is 1.67 bits per heavy atom. The Kier molecular flexibility index (Phi) is 1.01. The molecular formula is C6H7N2O. The molecule has 0 aromatic carbocycles. The first kappa shape index (κ1) is 4.97. The molecule has 2 rings (SSSR count). The molecular weight excluding hydrogens is 116 g/mol. The zero-order valence-electron chi connectivity index (χ0n) is 5.00. The summed E-state index contributed by atoms with van der Waals surface area (Å²) in [6.45, 7) is 0. The molecule has 47 valence electrons. The highest BCUT2D eigenvalue weighted by molar-refractivity contribution is 4.84. The molecule has 0 spiro atoms. The highest BCUT2D eigenvalue weighted by Crippen LogP contribution is 2.31. The van der Waals surface area contributed by atoms with Crippen LogP contribution in [0, 0.1) is 12.3 Å². The molecule has 3 heteroatoms. The third kappa shape index (κ3) is 1.09. The molecule has 0 amide bonds. The highest BCUT2D eigenvalue weighted by atomic mass is 16.4. The number of aromatic nitrogens is 2. The second-order valence-electron chi connectivity index (χ2n) is 2.43. The predicted octanol–water partition coefficient (Wildman–Crippen LogP) is 0.822. The number of hydrogen-bond acceptors (Lipinski definition) is 3. The van der Waals surface area contributed by atoms with Crippen molar-refractivity contribution in [3.63, 3.8) is 0 Å². The van der Waals surface area contributed by atoms with Crippen LogP contribution in [0.15, 0.2) is 4.42 Å². The summed E-state index contributed by atoms with van der Waals surface area (Å²) < 4.78 is 4.84. The van der Waals surface area contributed by atoms with Crippen LogP contribution in [0.4, 0.5) is 0 Å². The van der Waals surface area contributed by atoms with Crippen molar-refractivity contribution < 1.29 is 4.42 Å². The van der Waals surface area contributed by atoms with E-state index in [0.717, 1.165) is 18.2 Å². The van der Waals surface area contributed by atoms with Crippen LogP contribution in [0.1, 0.15) is 18.7 Å². The van der Waals surface area contributed by atoms with Gasteiger partial charge in [0.15, 0.2) is 0 Å². The van der Waals surface area contributed by atoms with Crippen molar-refractivity contribution in [3.05, 3.63) is 12.3 Å². The van der Waals surface area contributed by atoms with Gasteiger partial charge >= 0.3 is 6.39 Å². The Hall–Kier alpha value is -0.860. The van der Waals surface area contributed by atoms with Gasteiger partial charge in [0.2, 0.25) is 5.89 Å². The third-order valence-electron chi connectivity index (χ3n) is 1.53. The molecule has 0 N–H and O–H groups in total. The van der Waals surface area contributed by atoms with Crippen molar-refractivity contribution in [2.75, 3.05) is 0 Å². The molecule has 1 aliphatic carbocycles. The van der Waals surface area contributed by atoms with E-state index in [4.69, 9.17) is 4.42 Å². The van der Waals surface area contributed by atoms with E-state index >= 15 is 0 Å². The van der Waals surface area contributed by atoms with Gasteiger partial charge in [0, 0.05) is 6.42 Å². The molecule has 1 fully saturated rings. The maximum Gasteiger partial charge on any atom is 0.305 e. The fourth-order valence-electron chi connectivity index (χ4n) is 0.821. The molecule has 1 saturated carbocycles. The average Bonchev–Trinajstić information content (AvgIpc) is 2.46. The monoisotopic (exact) mass is 123 g/mol. The quantitative estimate of drug-likeness (QED) is 0.584. The second kappa shape index (κ2) is 1.83. The first-order chi connectivity index (χ1) is 4.45. The van der Waals surface area contributed by atoms with E-state index in [1.807, 2.05) is 0 Å². The van der Waals surface area contributed by atoms with Crippen LogP contribution in [-0.2, 0) is 6.42 Å². The number of rotatable bonds is 2. The molecule has 1 aromatic rings. The van der Waals surface area contributed by atoms with Crippen LogP contribution in [0.3, 0.4) is 0 Å². The normalized spacial score (nSPS) is 18.2. The summed E-state index contributed by atoms with van der Waals surface area (Å²) in [5.41, 5.74) is 0. The largest absolute Gasteiger partial charge is 0.417 e. The molecule has 0 atom stereocenters.